The van der Waals surface area contributed by atoms with Gasteiger partial charge >= 0.3 is 5.97 Å². The van der Waals surface area contributed by atoms with E-state index >= 15 is 0 Å². The van der Waals surface area contributed by atoms with Gasteiger partial charge in [0.15, 0.2) is 0 Å². The number of anilines is 2. The van der Waals surface area contributed by atoms with Crippen LogP contribution in [0.15, 0.2) is 53.4 Å². The molecule has 0 spiro atoms. The minimum atomic E-state index is -1.01. The van der Waals surface area contributed by atoms with Gasteiger partial charge in [0.25, 0.3) is 0 Å². The molecule has 28 heavy (non-hydrogen) atoms. The van der Waals surface area contributed by atoms with Crippen LogP contribution in [-0.4, -0.2) is 28.6 Å². The molecule has 2 amide bonds. The summed E-state index contributed by atoms with van der Waals surface area (Å²) in [6.45, 7) is 6.04. The Labute approximate surface area is 168 Å². The molecule has 2 rings (SSSR count). The van der Waals surface area contributed by atoms with Gasteiger partial charge in [-0.1, -0.05) is 20.8 Å². The van der Waals surface area contributed by atoms with Crippen molar-refractivity contribution in [3.8, 4) is 0 Å². The number of carboxylic acid groups (broad SMARTS) is 1. The van der Waals surface area contributed by atoms with E-state index in [9.17, 15) is 14.4 Å². The fourth-order valence-corrected chi connectivity index (χ4v) is 3.06. The maximum absolute atomic E-state index is 12.0. The summed E-state index contributed by atoms with van der Waals surface area (Å²) in [5.41, 5.74) is 1.37. The van der Waals surface area contributed by atoms with Crippen molar-refractivity contribution in [2.24, 2.45) is 5.41 Å². The Morgan fingerprint density at radius 3 is 1.86 bits per heavy atom. The van der Waals surface area contributed by atoms with Crippen LogP contribution >= 0.6 is 11.8 Å². The van der Waals surface area contributed by atoms with Gasteiger partial charge in [-0.3, -0.25) is 9.59 Å². The summed E-state index contributed by atoms with van der Waals surface area (Å²) in [5.74, 6) is -1.00. The molecule has 6 nitrogen and oxygen atoms in total. The molecule has 0 saturated heterocycles. The smallest absolute Gasteiger partial charge is 0.335 e. The molecule has 0 bridgehead atoms. The molecule has 0 aromatic heterocycles. The van der Waals surface area contributed by atoms with Crippen molar-refractivity contribution in [3.63, 3.8) is 0 Å². The summed E-state index contributed by atoms with van der Waals surface area (Å²) < 4.78 is 0. The third-order valence-electron chi connectivity index (χ3n) is 3.61. The maximum atomic E-state index is 12.0. The molecular weight excluding hydrogens is 376 g/mol. The molecule has 0 aliphatic carbocycles. The van der Waals surface area contributed by atoms with Gasteiger partial charge in [0, 0.05) is 22.7 Å². The number of hydrogen-bond donors (Lipinski definition) is 3. The molecule has 3 N–H and O–H groups in total. The van der Waals surface area contributed by atoms with Crippen LogP contribution in [0.5, 0.6) is 0 Å². The number of nitrogens with one attached hydrogen (secondary N) is 2. The van der Waals surface area contributed by atoms with Gasteiger partial charge < -0.3 is 15.7 Å². The van der Waals surface area contributed by atoms with Crippen LogP contribution in [0.2, 0.25) is 0 Å². The van der Waals surface area contributed by atoms with Crippen LogP contribution in [0.1, 0.15) is 37.6 Å². The first-order valence-corrected chi connectivity index (χ1v) is 9.77. The molecule has 0 radical (unpaired) electrons. The summed E-state index contributed by atoms with van der Waals surface area (Å²) in [6, 6.07) is 13.3. The predicted molar refractivity (Wildman–Crippen MR) is 112 cm³/mol. The van der Waals surface area contributed by atoms with Gasteiger partial charge in [-0.25, -0.2) is 4.79 Å². The van der Waals surface area contributed by atoms with Crippen LogP contribution in [0.25, 0.3) is 0 Å². The second kappa shape index (κ2) is 9.41. The van der Waals surface area contributed by atoms with E-state index in [1.54, 1.807) is 12.1 Å². The van der Waals surface area contributed by atoms with Crippen LogP contribution in [0.4, 0.5) is 11.4 Å². The highest BCUT2D eigenvalue weighted by Gasteiger charge is 2.15. The number of thioether (sulfide) groups is 1. The van der Waals surface area contributed by atoms with Gasteiger partial charge in [0.05, 0.1) is 11.3 Å². The molecular formula is C21H24N2O4S. The average molecular weight is 401 g/mol. The van der Waals surface area contributed by atoms with Gasteiger partial charge in [-0.15, -0.1) is 11.8 Å². The second-order valence-electron chi connectivity index (χ2n) is 7.53. The highest BCUT2D eigenvalue weighted by Crippen LogP contribution is 2.23. The Morgan fingerprint density at radius 1 is 0.857 bits per heavy atom. The Kier molecular flexibility index (Phi) is 7.23. The number of carbonyl (C=O) groups is 3. The van der Waals surface area contributed by atoms with Crippen molar-refractivity contribution in [3.05, 3.63) is 54.1 Å². The lowest BCUT2D eigenvalue weighted by Crippen LogP contribution is -2.19. The highest BCUT2D eigenvalue weighted by molar-refractivity contribution is 8.00. The van der Waals surface area contributed by atoms with Gasteiger partial charge in [0.1, 0.15) is 0 Å². The number of rotatable bonds is 7. The highest BCUT2D eigenvalue weighted by atomic mass is 32.2. The lowest BCUT2D eigenvalue weighted by atomic mass is 9.92. The first kappa shape index (κ1) is 21.5. The Balaban J connectivity index is 1.81. The number of benzene rings is 2. The van der Waals surface area contributed by atoms with Crippen molar-refractivity contribution in [2.45, 2.75) is 32.1 Å². The van der Waals surface area contributed by atoms with Crippen molar-refractivity contribution in [2.75, 3.05) is 16.4 Å². The third kappa shape index (κ3) is 7.44. The van der Waals surface area contributed by atoms with E-state index in [2.05, 4.69) is 10.6 Å². The third-order valence-corrected chi connectivity index (χ3v) is 4.63. The maximum Gasteiger partial charge on any atom is 0.335 e. The van der Waals surface area contributed by atoms with Crippen LogP contribution < -0.4 is 10.6 Å². The summed E-state index contributed by atoms with van der Waals surface area (Å²) >= 11 is 1.37. The zero-order valence-electron chi connectivity index (χ0n) is 16.1. The molecule has 0 heterocycles. The molecule has 0 atom stereocenters. The Bertz CT molecular complexity index is 840. The average Bonchev–Trinajstić information content (AvgIpc) is 2.60. The number of aromatic carboxylic acids is 1. The molecule has 148 valence electrons. The molecule has 0 aliphatic heterocycles. The zero-order chi connectivity index (χ0) is 20.7. The minimum absolute atomic E-state index is 0.0267. The monoisotopic (exact) mass is 400 g/mol. The van der Waals surface area contributed by atoms with E-state index in [1.807, 2.05) is 45.0 Å². The van der Waals surface area contributed by atoms with E-state index in [1.165, 1.54) is 23.9 Å². The summed E-state index contributed by atoms with van der Waals surface area (Å²) in [4.78, 5) is 35.7. The van der Waals surface area contributed by atoms with E-state index in [4.69, 9.17) is 5.11 Å². The number of amides is 2. The van der Waals surface area contributed by atoms with E-state index in [0.717, 1.165) is 10.6 Å². The van der Waals surface area contributed by atoms with Crippen molar-refractivity contribution in [1.29, 1.82) is 0 Å². The topological polar surface area (TPSA) is 95.5 Å². The van der Waals surface area contributed by atoms with Gasteiger partial charge in [0.2, 0.25) is 11.8 Å². The van der Waals surface area contributed by atoms with E-state index in [0.29, 0.717) is 12.1 Å². The summed E-state index contributed by atoms with van der Waals surface area (Å²) in [6.07, 6.45) is 0.442. The second-order valence-corrected chi connectivity index (χ2v) is 8.58. The standard InChI is InChI=1S/C21H24N2O4S/c1-21(2,3)12-18(24)22-16-8-10-17(11-9-16)28-13-19(25)23-15-6-4-14(5-7-15)20(26)27/h4-11H,12-13H2,1-3H3,(H,22,24)(H,23,25)(H,26,27). The molecule has 0 unspecified atom stereocenters. The SMILES string of the molecule is CC(C)(C)CC(=O)Nc1ccc(SCC(=O)Nc2ccc(C(=O)O)cc2)cc1. The summed E-state index contributed by atoms with van der Waals surface area (Å²) in [5, 5.41) is 14.5. The molecule has 2 aromatic carbocycles. The normalized spacial score (nSPS) is 11.0. The lowest BCUT2D eigenvalue weighted by molar-refractivity contribution is -0.118. The van der Waals surface area contributed by atoms with Gasteiger partial charge in [-0.2, -0.15) is 0 Å². The first-order chi connectivity index (χ1) is 13.1. The molecule has 0 aliphatic rings. The number of carboxylic acids is 1. The van der Waals surface area contributed by atoms with Crippen LogP contribution in [0, 0.1) is 5.41 Å². The van der Waals surface area contributed by atoms with Crippen LogP contribution in [-0.2, 0) is 9.59 Å². The Hall–Kier alpha value is -2.80. The number of carbonyl (C=O) groups excluding carboxylic acids is 2. The Morgan fingerprint density at radius 2 is 1.36 bits per heavy atom. The quantitative estimate of drug-likeness (QED) is 0.595. The van der Waals surface area contributed by atoms with Crippen molar-refractivity contribution >= 4 is 40.9 Å². The molecule has 2 aromatic rings. The number of hydrogen-bond acceptors (Lipinski definition) is 4. The largest absolute Gasteiger partial charge is 0.478 e. The summed E-state index contributed by atoms with van der Waals surface area (Å²) in [7, 11) is 0. The van der Waals surface area contributed by atoms with Crippen molar-refractivity contribution < 1.29 is 19.5 Å². The lowest BCUT2D eigenvalue weighted by Gasteiger charge is -2.17. The predicted octanol–water partition coefficient (Wildman–Crippen LogP) is 4.49. The first-order valence-electron chi connectivity index (χ1n) is 8.78. The molecule has 0 fully saturated rings. The molecule has 0 saturated carbocycles. The fraction of sp³-hybridized carbons (Fsp3) is 0.286. The fourth-order valence-electron chi connectivity index (χ4n) is 2.36. The van der Waals surface area contributed by atoms with Gasteiger partial charge in [-0.05, 0) is 53.9 Å². The molecule has 7 heteroatoms. The van der Waals surface area contributed by atoms with E-state index < -0.39 is 5.97 Å². The van der Waals surface area contributed by atoms with Crippen LogP contribution in [0.3, 0.4) is 0 Å². The van der Waals surface area contributed by atoms with Crippen molar-refractivity contribution in [1.82, 2.24) is 0 Å². The van der Waals surface area contributed by atoms with E-state index in [-0.39, 0.29) is 28.5 Å². The minimum Gasteiger partial charge on any atom is -0.478 e. The zero-order valence-corrected chi connectivity index (χ0v) is 16.9.